The highest BCUT2D eigenvalue weighted by molar-refractivity contribution is 5.98. The minimum Gasteiger partial charge on any atom is -0.484 e. The third-order valence-electron chi connectivity index (χ3n) is 4.76. The number of carbonyl (C=O) groups is 2. The Morgan fingerprint density at radius 2 is 1.81 bits per heavy atom. The lowest BCUT2D eigenvalue weighted by atomic mass is 9.92. The monoisotopic (exact) mass is 367 g/mol. The van der Waals surface area contributed by atoms with E-state index in [1.54, 1.807) is 31.2 Å². The van der Waals surface area contributed by atoms with E-state index in [0.717, 1.165) is 31.5 Å². The summed E-state index contributed by atoms with van der Waals surface area (Å²) in [4.78, 5) is 26.5. The van der Waals surface area contributed by atoms with Crippen LogP contribution in [-0.2, 0) is 15.1 Å². The third kappa shape index (κ3) is 4.65. The van der Waals surface area contributed by atoms with E-state index in [9.17, 15) is 9.59 Å². The Kier molecular flexibility index (Phi) is 5.76. The molecule has 1 saturated heterocycles. The Morgan fingerprint density at radius 3 is 2.52 bits per heavy atom. The van der Waals surface area contributed by atoms with E-state index in [2.05, 4.69) is 5.32 Å². The first-order valence-electron chi connectivity index (χ1n) is 9.13. The molecule has 0 radical (unpaired) electrons. The Labute approximate surface area is 159 Å². The third-order valence-corrected chi connectivity index (χ3v) is 4.76. The van der Waals surface area contributed by atoms with Crippen molar-refractivity contribution >= 4 is 17.5 Å². The highest BCUT2D eigenvalue weighted by atomic mass is 16.5. The molecule has 3 rings (SSSR count). The van der Waals surface area contributed by atoms with Gasteiger partial charge in [0.25, 0.3) is 5.91 Å². The predicted molar refractivity (Wildman–Crippen MR) is 104 cm³/mol. The molecule has 0 aromatic heterocycles. The standard InChI is InChI=1S/C21H25N3O3/c1-21(22,16-8-3-2-4-9-16)20(26)23-17-10-7-11-18(14-17)27-15-19(25)24-12-5-6-13-24/h2-4,7-11,14H,5-6,12-13,15,22H2,1H3,(H,23,26). The molecule has 1 atom stereocenters. The van der Waals surface area contributed by atoms with E-state index in [1.807, 2.05) is 35.2 Å². The van der Waals surface area contributed by atoms with Crippen molar-refractivity contribution in [3.63, 3.8) is 0 Å². The molecule has 27 heavy (non-hydrogen) atoms. The second-order valence-corrected chi connectivity index (χ2v) is 6.93. The van der Waals surface area contributed by atoms with Crippen molar-refractivity contribution in [1.29, 1.82) is 0 Å². The fraction of sp³-hybridized carbons (Fsp3) is 0.333. The molecule has 2 aromatic rings. The lowest BCUT2D eigenvalue weighted by Crippen LogP contribution is -2.45. The van der Waals surface area contributed by atoms with Crippen LogP contribution in [-0.4, -0.2) is 36.4 Å². The van der Waals surface area contributed by atoms with Crippen LogP contribution in [0.5, 0.6) is 5.75 Å². The van der Waals surface area contributed by atoms with Crippen molar-refractivity contribution in [3.05, 3.63) is 60.2 Å². The number of hydrogen-bond acceptors (Lipinski definition) is 4. The Bertz CT molecular complexity index is 799. The predicted octanol–water partition coefficient (Wildman–Crippen LogP) is 2.50. The number of rotatable bonds is 6. The number of ether oxygens (including phenoxy) is 1. The van der Waals surface area contributed by atoms with Gasteiger partial charge < -0.3 is 20.7 Å². The Hall–Kier alpha value is -2.86. The smallest absolute Gasteiger partial charge is 0.260 e. The van der Waals surface area contributed by atoms with Crippen molar-refractivity contribution in [2.75, 3.05) is 25.0 Å². The first-order valence-corrected chi connectivity index (χ1v) is 9.13. The van der Waals surface area contributed by atoms with Gasteiger partial charge in [-0.05, 0) is 37.5 Å². The van der Waals surface area contributed by atoms with Crippen LogP contribution in [0.2, 0.25) is 0 Å². The number of anilines is 1. The summed E-state index contributed by atoms with van der Waals surface area (Å²) in [6, 6.07) is 16.2. The summed E-state index contributed by atoms with van der Waals surface area (Å²) in [6.07, 6.45) is 2.10. The second kappa shape index (κ2) is 8.22. The zero-order valence-corrected chi connectivity index (χ0v) is 15.5. The van der Waals surface area contributed by atoms with E-state index in [0.29, 0.717) is 11.4 Å². The Balaban J connectivity index is 1.61. The normalized spacial score (nSPS) is 15.9. The van der Waals surface area contributed by atoms with Crippen LogP contribution in [0.3, 0.4) is 0 Å². The quantitative estimate of drug-likeness (QED) is 0.822. The van der Waals surface area contributed by atoms with Gasteiger partial charge in [-0.2, -0.15) is 0 Å². The molecule has 1 heterocycles. The maximum absolute atomic E-state index is 12.6. The largest absolute Gasteiger partial charge is 0.484 e. The number of benzene rings is 2. The fourth-order valence-electron chi connectivity index (χ4n) is 3.04. The lowest BCUT2D eigenvalue weighted by molar-refractivity contribution is -0.132. The van der Waals surface area contributed by atoms with Gasteiger partial charge in [0.1, 0.15) is 11.3 Å². The van der Waals surface area contributed by atoms with Crippen molar-refractivity contribution in [2.45, 2.75) is 25.3 Å². The molecule has 0 bridgehead atoms. The number of nitrogens with zero attached hydrogens (tertiary/aromatic N) is 1. The molecule has 1 fully saturated rings. The first-order chi connectivity index (χ1) is 13.0. The molecule has 1 aliphatic heterocycles. The van der Waals surface area contributed by atoms with Crippen LogP contribution in [0.15, 0.2) is 54.6 Å². The van der Waals surface area contributed by atoms with Gasteiger partial charge in [-0.1, -0.05) is 36.4 Å². The zero-order valence-electron chi connectivity index (χ0n) is 15.5. The number of nitrogens with one attached hydrogen (secondary N) is 1. The van der Waals surface area contributed by atoms with Gasteiger partial charge in [-0.25, -0.2) is 0 Å². The van der Waals surface area contributed by atoms with Gasteiger partial charge in [0.05, 0.1) is 0 Å². The molecule has 1 aliphatic rings. The van der Waals surface area contributed by atoms with Crippen LogP contribution >= 0.6 is 0 Å². The first kappa shape index (κ1) is 18.9. The summed E-state index contributed by atoms with van der Waals surface area (Å²) in [7, 11) is 0. The summed E-state index contributed by atoms with van der Waals surface area (Å²) in [5.41, 5.74) is 6.38. The fourth-order valence-corrected chi connectivity index (χ4v) is 3.04. The molecule has 2 amide bonds. The van der Waals surface area contributed by atoms with Crippen LogP contribution in [0.25, 0.3) is 0 Å². The van der Waals surface area contributed by atoms with Crippen LogP contribution < -0.4 is 15.8 Å². The molecule has 6 heteroatoms. The van der Waals surface area contributed by atoms with Crippen molar-refractivity contribution < 1.29 is 14.3 Å². The van der Waals surface area contributed by atoms with E-state index in [4.69, 9.17) is 10.5 Å². The summed E-state index contributed by atoms with van der Waals surface area (Å²) >= 11 is 0. The zero-order chi connectivity index (χ0) is 19.3. The highest BCUT2D eigenvalue weighted by Crippen LogP contribution is 2.22. The average Bonchev–Trinajstić information content (AvgIpc) is 3.22. The second-order valence-electron chi connectivity index (χ2n) is 6.93. The molecule has 0 saturated carbocycles. The molecular formula is C21H25N3O3. The molecule has 6 nitrogen and oxygen atoms in total. The van der Waals surface area contributed by atoms with E-state index in [-0.39, 0.29) is 18.4 Å². The van der Waals surface area contributed by atoms with Gasteiger partial charge in [0.2, 0.25) is 5.91 Å². The summed E-state index contributed by atoms with van der Waals surface area (Å²) in [5.74, 6) is 0.193. The number of amides is 2. The number of carbonyl (C=O) groups excluding carboxylic acids is 2. The van der Waals surface area contributed by atoms with Gasteiger partial charge in [0.15, 0.2) is 6.61 Å². The van der Waals surface area contributed by atoms with Crippen molar-refractivity contribution in [3.8, 4) is 5.75 Å². The highest BCUT2D eigenvalue weighted by Gasteiger charge is 2.30. The van der Waals surface area contributed by atoms with Gasteiger partial charge in [-0.15, -0.1) is 0 Å². The molecule has 0 spiro atoms. The van der Waals surface area contributed by atoms with Gasteiger partial charge in [-0.3, -0.25) is 9.59 Å². The summed E-state index contributed by atoms with van der Waals surface area (Å²) < 4.78 is 5.60. The van der Waals surface area contributed by atoms with E-state index in [1.165, 1.54) is 0 Å². The van der Waals surface area contributed by atoms with Gasteiger partial charge >= 0.3 is 0 Å². The maximum atomic E-state index is 12.6. The molecule has 3 N–H and O–H groups in total. The SMILES string of the molecule is CC(N)(C(=O)Nc1cccc(OCC(=O)N2CCCC2)c1)c1ccccc1. The van der Waals surface area contributed by atoms with E-state index < -0.39 is 5.54 Å². The molecule has 1 unspecified atom stereocenters. The number of nitrogens with two attached hydrogens (primary N) is 1. The van der Waals surface area contributed by atoms with Gasteiger partial charge in [0, 0.05) is 24.8 Å². The number of hydrogen-bond donors (Lipinski definition) is 2. The molecule has 2 aromatic carbocycles. The minimum atomic E-state index is -1.16. The lowest BCUT2D eigenvalue weighted by Gasteiger charge is -2.24. The summed E-state index contributed by atoms with van der Waals surface area (Å²) in [6.45, 7) is 3.27. The average molecular weight is 367 g/mol. The number of likely N-dealkylation sites (tertiary alicyclic amines) is 1. The minimum absolute atomic E-state index is 0.00395. The van der Waals surface area contributed by atoms with Crippen molar-refractivity contribution in [1.82, 2.24) is 4.90 Å². The topological polar surface area (TPSA) is 84.7 Å². The van der Waals surface area contributed by atoms with Crippen LogP contribution in [0.4, 0.5) is 5.69 Å². The molecular weight excluding hydrogens is 342 g/mol. The molecule has 0 aliphatic carbocycles. The van der Waals surface area contributed by atoms with Crippen LogP contribution in [0.1, 0.15) is 25.3 Å². The summed E-state index contributed by atoms with van der Waals surface area (Å²) in [5, 5.41) is 2.82. The Morgan fingerprint density at radius 1 is 1.11 bits per heavy atom. The maximum Gasteiger partial charge on any atom is 0.260 e. The molecule has 142 valence electrons. The van der Waals surface area contributed by atoms with Crippen LogP contribution in [0, 0.1) is 0 Å². The van der Waals surface area contributed by atoms with Crippen molar-refractivity contribution in [2.24, 2.45) is 5.73 Å². The van der Waals surface area contributed by atoms with E-state index >= 15 is 0 Å².